The van der Waals surface area contributed by atoms with Crippen LogP contribution in [0.1, 0.15) is 25.0 Å². The van der Waals surface area contributed by atoms with Crippen molar-refractivity contribution in [3.63, 3.8) is 0 Å². The number of hydrogen-bond acceptors (Lipinski definition) is 1. The second-order valence-corrected chi connectivity index (χ2v) is 6.36. The van der Waals surface area contributed by atoms with Gasteiger partial charge in [0.25, 0.3) is 0 Å². The first-order valence-electron chi connectivity index (χ1n) is 6.67. The average molecular weight is 365 g/mol. The zero-order valence-corrected chi connectivity index (χ0v) is 13.7. The molecular weight excluding hydrogens is 345 g/mol. The van der Waals surface area contributed by atoms with E-state index in [4.69, 9.17) is 0 Å². The molecule has 0 aromatic heterocycles. The molecule has 0 unspecified atom stereocenters. The van der Waals surface area contributed by atoms with Crippen LogP contribution < -0.4 is 0 Å². The molecule has 2 aromatic rings. The lowest BCUT2D eigenvalue weighted by molar-refractivity contribution is 0.203. The van der Waals surface area contributed by atoms with Crippen LogP contribution in [-0.2, 0) is 13.1 Å². The molecule has 0 atom stereocenters. The largest absolute Gasteiger partial charge is 0.292 e. The van der Waals surface area contributed by atoms with E-state index in [1.54, 1.807) is 0 Å². The Labute approximate surface area is 129 Å². The number of benzene rings is 2. The Hall–Kier alpha value is -0.870. The number of rotatable bonds is 5. The molecule has 1 nitrogen and oxygen atoms in total. The van der Waals surface area contributed by atoms with Gasteiger partial charge in [-0.3, -0.25) is 4.90 Å². The molecule has 0 saturated heterocycles. The lowest BCUT2D eigenvalue weighted by Crippen LogP contribution is -2.29. The second kappa shape index (κ2) is 7.06. The summed E-state index contributed by atoms with van der Waals surface area (Å²) in [5.41, 5.74) is 2.76. The quantitative estimate of drug-likeness (QED) is 0.695. The third-order valence-corrected chi connectivity index (χ3v) is 3.98. The van der Waals surface area contributed by atoms with E-state index in [1.165, 1.54) is 14.7 Å². The van der Waals surface area contributed by atoms with E-state index >= 15 is 0 Å². The average Bonchev–Trinajstić information content (AvgIpc) is 2.41. The highest BCUT2D eigenvalue weighted by molar-refractivity contribution is 14.1. The van der Waals surface area contributed by atoms with E-state index in [0.717, 1.165) is 13.1 Å². The molecule has 100 valence electrons. The normalized spacial score (nSPS) is 11.2. The van der Waals surface area contributed by atoms with Gasteiger partial charge in [0.1, 0.15) is 0 Å². The van der Waals surface area contributed by atoms with Crippen molar-refractivity contribution in [2.45, 2.75) is 33.0 Å². The van der Waals surface area contributed by atoms with Gasteiger partial charge >= 0.3 is 0 Å². The van der Waals surface area contributed by atoms with Gasteiger partial charge in [0.15, 0.2) is 0 Å². The fourth-order valence-corrected chi connectivity index (χ4v) is 2.42. The third kappa shape index (κ3) is 4.62. The topological polar surface area (TPSA) is 3.24 Å². The molecule has 0 heterocycles. The minimum absolute atomic E-state index is 0.541. The van der Waals surface area contributed by atoms with Gasteiger partial charge in [-0.2, -0.15) is 0 Å². The van der Waals surface area contributed by atoms with Crippen molar-refractivity contribution in [3.8, 4) is 0 Å². The Bertz CT molecular complexity index is 490. The van der Waals surface area contributed by atoms with E-state index in [9.17, 15) is 0 Å². The first-order chi connectivity index (χ1) is 9.15. The fraction of sp³-hybridized carbons (Fsp3) is 0.294. The van der Waals surface area contributed by atoms with Crippen LogP contribution in [0.3, 0.4) is 0 Å². The summed E-state index contributed by atoms with van der Waals surface area (Å²) < 4.78 is 1.29. The van der Waals surface area contributed by atoms with Crippen molar-refractivity contribution in [3.05, 3.63) is 69.3 Å². The van der Waals surface area contributed by atoms with Crippen LogP contribution in [0, 0.1) is 3.57 Å². The highest BCUT2D eigenvalue weighted by Crippen LogP contribution is 2.14. The monoisotopic (exact) mass is 365 g/mol. The van der Waals surface area contributed by atoms with Gasteiger partial charge in [-0.1, -0.05) is 42.5 Å². The van der Waals surface area contributed by atoms with Crippen molar-refractivity contribution >= 4 is 22.6 Å². The van der Waals surface area contributed by atoms with Gasteiger partial charge < -0.3 is 0 Å². The highest BCUT2D eigenvalue weighted by atomic mass is 127. The smallest absolute Gasteiger partial charge is 0.0240 e. The van der Waals surface area contributed by atoms with Crippen molar-refractivity contribution in [1.29, 1.82) is 0 Å². The molecule has 0 fully saturated rings. The summed E-state index contributed by atoms with van der Waals surface area (Å²) >= 11 is 2.35. The number of hydrogen-bond donors (Lipinski definition) is 0. The minimum Gasteiger partial charge on any atom is -0.292 e. The highest BCUT2D eigenvalue weighted by Gasteiger charge is 2.10. The summed E-state index contributed by atoms with van der Waals surface area (Å²) in [6, 6.07) is 20.0. The van der Waals surface area contributed by atoms with Crippen LogP contribution >= 0.6 is 22.6 Å². The predicted octanol–water partition coefficient (Wildman–Crippen LogP) is 4.70. The lowest BCUT2D eigenvalue weighted by atomic mass is 10.1. The van der Waals surface area contributed by atoms with Crippen LogP contribution in [0.5, 0.6) is 0 Å². The molecule has 0 N–H and O–H groups in total. The Balaban J connectivity index is 2.06. The maximum atomic E-state index is 2.50. The van der Waals surface area contributed by atoms with Gasteiger partial charge in [0.2, 0.25) is 0 Å². The molecule has 0 radical (unpaired) electrons. The van der Waals surface area contributed by atoms with E-state index in [1.807, 2.05) is 0 Å². The van der Waals surface area contributed by atoms with Crippen LogP contribution in [0.25, 0.3) is 0 Å². The molecule has 0 aliphatic carbocycles. The summed E-state index contributed by atoms with van der Waals surface area (Å²) in [5.74, 6) is 0. The van der Waals surface area contributed by atoms with Gasteiger partial charge in [-0.15, -0.1) is 0 Å². The summed E-state index contributed by atoms with van der Waals surface area (Å²) in [7, 11) is 0. The van der Waals surface area contributed by atoms with Gasteiger partial charge in [0.05, 0.1) is 0 Å². The zero-order chi connectivity index (χ0) is 13.7. The van der Waals surface area contributed by atoms with Gasteiger partial charge in [0, 0.05) is 22.7 Å². The SMILES string of the molecule is CC(C)N(Cc1ccccc1)Cc1ccc(I)cc1. The van der Waals surface area contributed by atoms with Gasteiger partial charge in [-0.25, -0.2) is 0 Å². The van der Waals surface area contributed by atoms with Crippen molar-refractivity contribution in [2.24, 2.45) is 0 Å². The van der Waals surface area contributed by atoms with Crippen LogP contribution in [0.4, 0.5) is 0 Å². The van der Waals surface area contributed by atoms with Crippen molar-refractivity contribution in [1.82, 2.24) is 4.90 Å². The predicted molar refractivity (Wildman–Crippen MR) is 90.0 cm³/mol. The fourth-order valence-electron chi connectivity index (χ4n) is 2.06. The first kappa shape index (κ1) is 14.5. The Morgan fingerprint density at radius 1 is 0.842 bits per heavy atom. The number of halogens is 1. The summed E-state index contributed by atoms with van der Waals surface area (Å²) in [4.78, 5) is 2.50. The first-order valence-corrected chi connectivity index (χ1v) is 7.75. The van der Waals surface area contributed by atoms with Crippen molar-refractivity contribution in [2.75, 3.05) is 0 Å². The number of nitrogens with zero attached hydrogens (tertiary/aromatic N) is 1. The molecule has 0 aliphatic heterocycles. The zero-order valence-electron chi connectivity index (χ0n) is 11.5. The maximum Gasteiger partial charge on any atom is 0.0240 e. The summed E-state index contributed by atoms with van der Waals surface area (Å²) in [5, 5.41) is 0. The van der Waals surface area contributed by atoms with E-state index < -0.39 is 0 Å². The molecule has 0 amide bonds. The minimum atomic E-state index is 0.541. The summed E-state index contributed by atoms with van der Waals surface area (Å²) in [6.07, 6.45) is 0. The maximum absolute atomic E-state index is 2.50. The standard InChI is InChI=1S/C17H20IN/c1-14(2)19(12-15-6-4-3-5-7-15)13-16-8-10-17(18)11-9-16/h3-11,14H,12-13H2,1-2H3. The second-order valence-electron chi connectivity index (χ2n) is 5.11. The Morgan fingerprint density at radius 3 is 1.89 bits per heavy atom. The Kier molecular flexibility index (Phi) is 5.40. The molecule has 0 bridgehead atoms. The van der Waals surface area contributed by atoms with E-state index in [2.05, 4.69) is 95.9 Å². The molecule has 2 rings (SSSR count). The molecule has 2 heteroatoms. The lowest BCUT2D eigenvalue weighted by Gasteiger charge is -2.26. The van der Waals surface area contributed by atoms with Crippen molar-refractivity contribution < 1.29 is 0 Å². The third-order valence-electron chi connectivity index (χ3n) is 3.26. The van der Waals surface area contributed by atoms with Crippen LogP contribution in [0.15, 0.2) is 54.6 Å². The van der Waals surface area contributed by atoms with E-state index in [-0.39, 0.29) is 0 Å². The van der Waals surface area contributed by atoms with Crippen LogP contribution in [0.2, 0.25) is 0 Å². The molecular formula is C17H20IN. The molecule has 2 aromatic carbocycles. The van der Waals surface area contributed by atoms with Gasteiger partial charge in [-0.05, 0) is 59.7 Å². The molecule has 0 aliphatic rings. The molecule has 0 spiro atoms. The Morgan fingerprint density at radius 2 is 1.37 bits per heavy atom. The molecule has 19 heavy (non-hydrogen) atoms. The van der Waals surface area contributed by atoms with E-state index in [0.29, 0.717) is 6.04 Å². The molecule has 0 saturated carbocycles. The summed E-state index contributed by atoms with van der Waals surface area (Å²) in [6.45, 7) is 6.53. The van der Waals surface area contributed by atoms with Crippen LogP contribution in [-0.4, -0.2) is 10.9 Å².